The highest BCUT2D eigenvalue weighted by Crippen LogP contribution is 2.31. The van der Waals surface area contributed by atoms with Crippen LogP contribution in [-0.4, -0.2) is 11.6 Å². The fourth-order valence-corrected chi connectivity index (χ4v) is 2.58. The van der Waals surface area contributed by atoms with Gasteiger partial charge in [-0.1, -0.05) is 44.2 Å². The van der Waals surface area contributed by atoms with E-state index in [0.717, 1.165) is 12.8 Å². The minimum Gasteiger partial charge on any atom is -0.300 e. The normalized spacial score (nSPS) is 15.6. The molecule has 104 valence electrons. The van der Waals surface area contributed by atoms with Gasteiger partial charge in [0.15, 0.2) is 0 Å². The van der Waals surface area contributed by atoms with Gasteiger partial charge in [0.1, 0.15) is 11.6 Å². The van der Waals surface area contributed by atoms with Crippen molar-refractivity contribution in [3.05, 3.63) is 35.9 Å². The number of rotatable bonds is 7. The topological polar surface area (TPSA) is 34.1 Å². The Bertz CT molecular complexity index is 422. The molecule has 2 heteroatoms. The van der Waals surface area contributed by atoms with E-state index in [1.807, 2.05) is 25.1 Å². The van der Waals surface area contributed by atoms with E-state index in [1.165, 1.54) is 5.56 Å². The largest absolute Gasteiger partial charge is 0.300 e. The molecule has 0 radical (unpaired) electrons. The summed E-state index contributed by atoms with van der Waals surface area (Å²) in [7, 11) is 0. The smallest absolute Gasteiger partial charge is 0.133 e. The van der Waals surface area contributed by atoms with Gasteiger partial charge >= 0.3 is 0 Å². The van der Waals surface area contributed by atoms with Crippen LogP contribution in [0, 0.1) is 11.8 Å². The van der Waals surface area contributed by atoms with Gasteiger partial charge in [-0.15, -0.1) is 0 Å². The summed E-state index contributed by atoms with van der Waals surface area (Å²) in [6, 6.07) is 10.2. The van der Waals surface area contributed by atoms with Gasteiger partial charge < -0.3 is 0 Å². The summed E-state index contributed by atoms with van der Waals surface area (Å²) in [5, 5.41) is 0. The summed E-state index contributed by atoms with van der Waals surface area (Å²) in [4.78, 5) is 23.4. The van der Waals surface area contributed by atoms with Crippen LogP contribution in [0.5, 0.6) is 0 Å². The maximum absolute atomic E-state index is 11.8. The van der Waals surface area contributed by atoms with Crippen molar-refractivity contribution >= 4 is 11.6 Å². The fourth-order valence-electron chi connectivity index (χ4n) is 2.58. The summed E-state index contributed by atoms with van der Waals surface area (Å²) in [6.07, 6.45) is 1.75. The first kappa shape index (κ1) is 15.6. The zero-order valence-electron chi connectivity index (χ0n) is 12.3. The first-order valence-electron chi connectivity index (χ1n) is 7.03. The summed E-state index contributed by atoms with van der Waals surface area (Å²) >= 11 is 0. The number of ketones is 2. The van der Waals surface area contributed by atoms with Crippen LogP contribution in [0.2, 0.25) is 0 Å². The second-order valence-electron chi connectivity index (χ2n) is 5.37. The molecule has 1 aromatic rings. The monoisotopic (exact) mass is 260 g/mol. The molecule has 0 aliphatic heterocycles. The summed E-state index contributed by atoms with van der Waals surface area (Å²) in [6.45, 7) is 7.17. The lowest BCUT2D eigenvalue weighted by atomic mass is 9.78. The molecule has 0 saturated carbocycles. The molecule has 1 aromatic carbocycles. The third-order valence-electron chi connectivity index (χ3n) is 4.07. The van der Waals surface area contributed by atoms with Gasteiger partial charge in [0.25, 0.3) is 0 Å². The predicted molar refractivity (Wildman–Crippen MR) is 78.1 cm³/mol. The third-order valence-corrected chi connectivity index (χ3v) is 4.07. The van der Waals surface area contributed by atoms with Crippen molar-refractivity contribution in [2.45, 2.75) is 46.5 Å². The Balaban J connectivity index is 2.88. The molecule has 0 amide bonds. The van der Waals surface area contributed by atoms with Crippen molar-refractivity contribution in [2.75, 3.05) is 0 Å². The Labute approximate surface area is 116 Å². The molecule has 1 rings (SSSR count). The van der Waals surface area contributed by atoms with Gasteiger partial charge in [-0.25, -0.2) is 0 Å². The highest BCUT2D eigenvalue weighted by Gasteiger charge is 2.28. The van der Waals surface area contributed by atoms with Crippen LogP contribution < -0.4 is 0 Å². The molecule has 0 fully saturated rings. The van der Waals surface area contributed by atoms with Gasteiger partial charge in [0.2, 0.25) is 0 Å². The van der Waals surface area contributed by atoms with Crippen molar-refractivity contribution in [3.8, 4) is 0 Å². The van der Waals surface area contributed by atoms with E-state index in [0.29, 0.717) is 5.92 Å². The average molecular weight is 260 g/mol. The Morgan fingerprint density at radius 1 is 1.05 bits per heavy atom. The van der Waals surface area contributed by atoms with E-state index >= 15 is 0 Å². The molecule has 0 heterocycles. The molecule has 0 aromatic heterocycles. The van der Waals surface area contributed by atoms with Gasteiger partial charge in [-0.2, -0.15) is 0 Å². The van der Waals surface area contributed by atoms with Crippen LogP contribution >= 0.6 is 0 Å². The molecule has 3 atom stereocenters. The lowest BCUT2D eigenvalue weighted by Crippen LogP contribution is -2.26. The van der Waals surface area contributed by atoms with Crippen molar-refractivity contribution in [1.29, 1.82) is 0 Å². The van der Waals surface area contributed by atoms with E-state index in [2.05, 4.69) is 19.1 Å². The van der Waals surface area contributed by atoms with E-state index in [9.17, 15) is 9.59 Å². The Morgan fingerprint density at radius 2 is 1.63 bits per heavy atom. The summed E-state index contributed by atoms with van der Waals surface area (Å²) in [5.41, 5.74) is 1.26. The van der Waals surface area contributed by atoms with E-state index < -0.39 is 0 Å². The maximum atomic E-state index is 11.8. The van der Waals surface area contributed by atoms with Crippen LogP contribution in [0.4, 0.5) is 0 Å². The van der Waals surface area contributed by atoms with Gasteiger partial charge in [0, 0.05) is 11.8 Å². The number of hydrogen-bond donors (Lipinski definition) is 0. The predicted octanol–water partition coefficient (Wildman–Crippen LogP) is 4.00. The zero-order chi connectivity index (χ0) is 14.4. The van der Waals surface area contributed by atoms with E-state index in [4.69, 9.17) is 0 Å². The highest BCUT2D eigenvalue weighted by molar-refractivity contribution is 5.87. The van der Waals surface area contributed by atoms with Crippen LogP contribution in [0.15, 0.2) is 30.3 Å². The third kappa shape index (κ3) is 4.30. The second kappa shape index (κ2) is 7.22. The summed E-state index contributed by atoms with van der Waals surface area (Å²) < 4.78 is 0. The van der Waals surface area contributed by atoms with E-state index in [1.54, 1.807) is 13.8 Å². The van der Waals surface area contributed by atoms with Crippen LogP contribution in [0.1, 0.15) is 52.0 Å². The number of Topliss-reactive ketones (excluding diaryl/α,β-unsaturated/α-hetero) is 2. The first-order valence-corrected chi connectivity index (χ1v) is 7.03. The molecule has 0 spiro atoms. The maximum Gasteiger partial charge on any atom is 0.133 e. The van der Waals surface area contributed by atoms with Crippen molar-refractivity contribution < 1.29 is 9.59 Å². The lowest BCUT2D eigenvalue weighted by molar-refractivity contribution is -0.130. The molecular weight excluding hydrogens is 236 g/mol. The number of benzene rings is 1. The van der Waals surface area contributed by atoms with Crippen molar-refractivity contribution in [2.24, 2.45) is 11.8 Å². The molecule has 0 saturated heterocycles. The highest BCUT2D eigenvalue weighted by atomic mass is 16.1. The minimum absolute atomic E-state index is 0.100. The Kier molecular flexibility index (Phi) is 5.94. The molecule has 19 heavy (non-hydrogen) atoms. The zero-order valence-corrected chi connectivity index (χ0v) is 12.3. The Hall–Kier alpha value is -1.44. The van der Waals surface area contributed by atoms with Gasteiger partial charge in [0.05, 0.1) is 0 Å². The molecule has 0 bridgehead atoms. The Morgan fingerprint density at radius 3 is 2.05 bits per heavy atom. The molecule has 0 aliphatic rings. The van der Waals surface area contributed by atoms with Gasteiger partial charge in [-0.3, -0.25) is 9.59 Å². The van der Waals surface area contributed by atoms with Crippen molar-refractivity contribution in [3.63, 3.8) is 0 Å². The molecule has 2 nitrogen and oxygen atoms in total. The summed E-state index contributed by atoms with van der Waals surface area (Å²) in [5.74, 6) is 0.218. The number of carbonyl (C=O) groups is 2. The molecule has 0 N–H and O–H groups in total. The number of carbonyl (C=O) groups excluding carboxylic acids is 2. The molecular formula is C17H24O2. The molecule has 0 aliphatic carbocycles. The lowest BCUT2D eigenvalue weighted by Gasteiger charge is -2.24. The molecule has 3 unspecified atom stereocenters. The minimum atomic E-state index is -0.185. The van der Waals surface area contributed by atoms with E-state index in [-0.39, 0.29) is 23.4 Å². The first-order chi connectivity index (χ1) is 8.97. The van der Waals surface area contributed by atoms with Crippen LogP contribution in [0.3, 0.4) is 0 Å². The average Bonchev–Trinajstić information content (AvgIpc) is 2.39. The SMILES string of the molecule is CCC(CC(C(C)=O)C(C)C(C)=O)c1ccccc1. The second-order valence-corrected chi connectivity index (χ2v) is 5.37. The van der Waals surface area contributed by atoms with Crippen LogP contribution in [0.25, 0.3) is 0 Å². The standard InChI is InChI=1S/C17H24O2/c1-5-15(16-9-7-6-8-10-16)11-17(14(4)19)12(2)13(3)18/h6-10,12,15,17H,5,11H2,1-4H3. The van der Waals surface area contributed by atoms with Crippen molar-refractivity contribution in [1.82, 2.24) is 0 Å². The van der Waals surface area contributed by atoms with Gasteiger partial charge in [-0.05, 0) is 38.2 Å². The fraction of sp³-hybridized carbons (Fsp3) is 0.529. The van der Waals surface area contributed by atoms with Crippen LogP contribution in [-0.2, 0) is 9.59 Å². The number of hydrogen-bond acceptors (Lipinski definition) is 2. The quantitative estimate of drug-likeness (QED) is 0.742.